The molecule has 17 heteroatoms. The minimum Gasteiger partial charge on any atom is -0.495 e. The number of methoxy groups -OCH3 is 1. The average molecular weight is 916 g/mol. The Labute approximate surface area is 386 Å². The number of ether oxygens (including phenoxy) is 2. The fourth-order valence-electron chi connectivity index (χ4n) is 7.08. The molecule has 1 fully saturated rings. The topological polar surface area (TPSA) is 172 Å². The number of hydrogen-bond donors (Lipinski definition) is 5. The number of rotatable bonds is 17. The zero-order chi connectivity index (χ0) is 48.1. The molecule has 0 bridgehead atoms. The van der Waals surface area contributed by atoms with Crippen LogP contribution in [0.5, 0.6) is 11.5 Å². The first-order valence-electron chi connectivity index (χ1n) is 22.1. The maximum atomic E-state index is 13.5. The number of likely N-dealkylation sites (tertiary alicyclic amines) is 1. The van der Waals surface area contributed by atoms with Crippen molar-refractivity contribution in [1.29, 1.82) is 0 Å². The van der Waals surface area contributed by atoms with Crippen molar-refractivity contribution in [3.63, 3.8) is 0 Å². The number of halogens is 3. The number of carbonyl (C=O) groups is 2. The van der Waals surface area contributed by atoms with Crippen LogP contribution >= 0.6 is 0 Å². The van der Waals surface area contributed by atoms with Crippen molar-refractivity contribution in [2.24, 2.45) is 0 Å². The van der Waals surface area contributed by atoms with Gasteiger partial charge in [0, 0.05) is 48.2 Å². The monoisotopic (exact) mass is 915 g/mol. The molecule has 0 spiro atoms. The van der Waals surface area contributed by atoms with E-state index in [0.29, 0.717) is 64.4 Å². The van der Waals surface area contributed by atoms with Crippen LogP contribution in [0.3, 0.4) is 0 Å². The fourth-order valence-corrected chi connectivity index (χ4v) is 7.08. The van der Waals surface area contributed by atoms with Crippen LogP contribution in [0.1, 0.15) is 79.9 Å². The standard InChI is InChI=1S/C40H43F3N8O5.C6H13N.C3H8/c1-4-50(2)36-20-30(12-10-26(36)17-28(22-52)49-25-53)56-38(33-14-16-45-24-48-33)21-47-39(54)27-11-13-37(55-3)34(18-27)46-15-6-7-29-19-31-32(44)8-5-9-35(31)51(29)23-40(41,42)43;1-7-5-3-2-4-6-7;1-3-2/h5,8-14,16,18-20,24-25,28,38,46,52H,4,15,17,21-23,44H2,1-3H3,(H,47,54)(H,49,53);2-6H2,1H3;3H2,1-2H3. The first-order chi connectivity index (χ1) is 31.7. The summed E-state index contributed by atoms with van der Waals surface area (Å²) in [7, 11) is 5.59. The number of aromatic nitrogens is 3. The summed E-state index contributed by atoms with van der Waals surface area (Å²) in [6.45, 7) is 8.18. The van der Waals surface area contributed by atoms with E-state index >= 15 is 0 Å². The lowest BCUT2D eigenvalue weighted by atomic mass is 10.0. The summed E-state index contributed by atoms with van der Waals surface area (Å²) >= 11 is 0. The smallest absolute Gasteiger partial charge is 0.406 e. The van der Waals surface area contributed by atoms with Gasteiger partial charge >= 0.3 is 6.18 Å². The van der Waals surface area contributed by atoms with Gasteiger partial charge in [-0.05, 0) is 106 Å². The number of aliphatic hydroxyl groups excluding tert-OH is 1. The molecule has 6 rings (SSSR count). The van der Waals surface area contributed by atoms with Gasteiger partial charge in [0.25, 0.3) is 5.91 Å². The zero-order valence-electron chi connectivity index (χ0n) is 38.8. The molecule has 3 heterocycles. The summed E-state index contributed by atoms with van der Waals surface area (Å²) in [6.07, 6.45) is 4.26. The number of alkyl halides is 3. The summed E-state index contributed by atoms with van der Waals surface area (Å²) < 4.78 is 53.3. The minimum atomic E-state index is -4.47. The second-order valence-corrected chi connectivity index (χ2v) is 15.8. The molecule has 14 nitrogen and oxygen atoms in total. The molecule has 1 aliphatic rings. The highest BCUT2D eigenvalue weighted by molar-refractivity contribution is 5.96. The molecule has 1 aliphatic heterocycles. The van der Waals surface area contributed by atoms with Gasteiger partial charge in [-0.15, -0.1) is 0 Å². The van der Waals surface area contributed by atoms with E-state index < -0.39 is 30.8 Å². The van der Waals surface area contributed by atoms with Crippen LogP contribution in [0.15, 0.2) is 79.3 Å². The quantitative estimate of drug-likeness (QED) is 0.0363. The normalized spacial score (nSPS) is 13.3. The molecule has 66 heavy (non-hydrogen) atoms. The molecule has 0 aliphatic carbocycles. The molecule has 5 aromatic rings. The number of piperidine rings is 1. The van der Waals surface area contributed by atoms with Gasteiger partial charge in [-0.1, -0.05) is 44.7 Å². The van der Waals surface area contributed by atoms with Crippen LogP contribution in [0.2, 0.25) is 0 Å². The number of hydrogen-bond acceptors (Lipinski definition) is 11. The van der Waals surface area contributed by atoms with E-state index in [1.165, 1.54) is 58.3 Å². The van der Waals surface area contributed by atoms with Crippen LogP contribution in [0.25, 0.3) is 10.9 Å². The number of amides is 2. The minimum absolute atomic E-state index is 0.0241. The molecule has 6 N–H and O–H groups in total. The SMILES string of the molecule is CCC.CCN(C)c1cc(OC(CNC(=O)c2ccc(OC)c(NCC#Cc3cc4c(N)cccc4n3CC(F)(F)F)c2)c2ccncn2)ccc1CC(CO)NC=O.CN1CCCCC1. The van der Waals surface area contributed by atoms with Crippen LogP contribution in [0.4, 0.5) is 30.2 Å². The van der Waals surface area contributed by atoms with Crippen LogP contribution in [0, 0.1) is 11.8 Å². The van der Waals surface area contributed by atoms with E-state index in [1.807, 2.05) is 31.0 Å². The Balaban J connectivity index is 0.000000849. The molecule has 0 saturated carbocycles. The van der Waals surface area contributed by atoms with Crippen molar-refractivity contribution in [1.82, 2.24) is 30.1 Å². The predicted molar refractivity (Wildman–Crippen MR) is 255 cm³/mol. The van der Waals surface area contributed by atoms with E-state index in [4.69, 9.17) is 15.2 Å². The highest BCUT2D eigenvalue weighted by atomic mass is 19.4. The van der Waals surface area contributed by atoms with E-state index in [-0.39, 0.29) is 25.4 Å². The summed E-state index contributed by atoms with van der Waals surface area (Å²) in [5, 5.41) is 18.8. The molecular weight excluding hydrogens is 852 g/mol. The highest BCUT2D eigenvalue weighted by Gasteiger charge is 2.30. The summed E-state index contributed by atoms with van der Waals surface area (Å²) in [6, 6.07) is 17.9. The zero-order valence-corrected chi connectivity index (χ0v) is 38.8. The lowest BCUT2D eigenvalue weighted by Gasteiger charge is -2.25. The van der Waals surface area contributed by atoms with Gasteiger partial charge in [0.1, 0.15) is 24.4 Å². The Bertz CT molecular complexity index is 2340. The van der Waals surface area contributed by atoms with Gasteiger partial charge < -0.3 is 50.6 Å². The Hall–Kier alpha value is -6.51. The summed E-state index contributed by atoms with van der Waals surface area (Å²) in [5.41, 5.74) is 9.86. The van der Waals surface area contributed by atoms with Crippen molar-refractivity contribution in [3.05, 3.63) is 102 Å². The second kappa shape index (κ2) is 26.5. The number of nitrogen functional groups attached to an aromatic ring is 1. The van der Waals surface area contributed by atoms with Crippen molar-refractivity contribution in [3.8, 4) is 23.3 Å². The summed E-state index contributed by atoms with van der Waals surface area (Å²) in [4.78, 5) is 37.3. The van der Waals surface area contributed by atoms with Gasteiger partial charge in [-0.3, -0.25) is 9.59 Å². The summed E-state index contributed by atoms with van der Waals surface area (Å²) in [5.74, 6) is 6.20. The third-order valence-corrected chi connectivity index (χ3v) is 10.5. The number of fused-ring (bicyclic) bond motifs is 1. The number of nitrogens with zero attached hydrogens (tertiary/aromatic N) is 5. The number of benzene rings is 3. The maximum Gasteiger partial charge on any atom is 0.406 e. The molecular formula is C49H64F3N9O5. The molecule has 2 amide bonds. The number of aliphatic hydroxyl groups is 1. The predicted octanol–water partition coefficient (Wildman–Crippen LogP) is 7.22. The molecule has 2 aromatic heterocycles. The van der Waals surface area contributed by atoms with E-state index in [9.17, 15) is 27.9 Å². The third kappa shape index (κ3) is 15.9. The second-order valence-electron chi connectivity index (χ2n) is 15.8. The molecule has 356 valence electrons. The maximum absolute atomic E-state index is 13.5. The van der Waals surface area contributed by atoms with Crippen molar-refractivity contribution in [2.45, 2.75) is 77.7 Å². The molecule has 3 aromatic carbocycles. The van der Waals surface area contributed by atoms with Gasteiger partial charge in [0.2, 0.25) is 6.41 Å². The third-order valence-electron chi connectivity index (χ3n) is 10.5. The number of anilines is 3. The Morgan fingerprint density at radius 3 is 2.44 bits per heavy atom. The van der Waals surface area contributed by atoms with Crippen LogP contribution in [-0.2, 0) is 17.8 Å². The highest BCUT2D eigenvalue weighted by Crippen LogP contribution is 2.31. The first-order valence-corrected chi connectivity index (χ1v) is 22.1. The molecule has 1 saturated heterocycles. The van der Waals surface area contributed by atoms with Gasteiger partial charge in [0.05, 0.1) is 55.4 Å². The van der Waals surface area contributed by atoms with Crippen molar-refractivity contribution >= 4 is 40.3 Å². The van der Waals surface area contributed by atoms with Gasteiger partial charge in [-0.2, -0.15) is 13.2 Å². The van der Waals surface area contributed by atoms with E-state index in [0.717, 1.165) is 15.8 Å². The number of carbonyl (C=O) groups excluding carboxylic acids is 2. The van der Waals surface area contributed by atoms with E-state index in [1.54, 1.807) is 54.7 Å². The fraction of sp³-hybridized carbons (Fsp3) is 0.429. The Morgan fingerprint density at radius 1 is 1.06 bits per heavy atom. The first kappa shape index (κ1) is 52.1. The van der Waals surface area contributed by atoms with E-state index in [2.05, 4.69) is 63.6 Å². The number of nitrogens with two attached hydrogens (primary N) is 1. The number of nitrogens with one attached hydrogen (secondary N) is 3. The van der Waals surface area contributed by atoms with Gasteiger partial charge in [0.15, 0.2) is 6.10 Å². The largest absolute Gasteiger partial charge is 0.495 e. The molecule has 2 atom stereocenters. The Kier molecular flexibility index (Phi) is 20.9. The Morgan fingerprint density at radius 2 is 1.82 bits per heavy atom. The lowest BCUT2D eigenvalue weighted by Crippen LogP contribution is -2.34. The van der Waals surface area contributed by atoms with Crippen molar-refractivity contribution in [2.75, 3.05) is 76.5 Å². The van der Waals surface area contributed by atoms with Crippen LogP contribution in [-0.4, -0.2) is 110 Å². The molecule has 2 unspecified atom stereocenters. The average Bonchev–Trinajstić information content (AvgIpc) is 3.66. The van der Waals surface area contributed by atoms with Gasteiger partial charge in [-0.25, -0.2) is 9.97 Å². The molecule has 0 radical (unpaired) electrons. The lowest BCUT2D eigenvalue weighted by molar-refractivity contribution is -0.140. The van der Waals surface area contributed by atoms with Crippen molar-refractivity contribution < 1.29 is 37.3 Å². The van der Waals surface area contributed by atoms with Crippen LogP contribution < -0.4 is 36.1 Å².